The van der Waals surface area contributed by atoms with E-state index in [4.69, 9.17) is 24.5 Å². The maximum Gasteiger partial charge on any atom is 0.550 e. The molecule has 0 aromatic heterocycles. The lowest BCUT2D eigenvalue weighted by Gasteiger charge is -2.27. The molecule has 1 heterocycles. The number of hydrogen-bond donors (Lipinski definition) is 0. The molecule has 0 amide bonds. The molecule has 0 N–H and O–H groups in total. The molecule has 0 spiro atoms. The smallest absolute Gasteiger partial charge is 0.494 e. The average Bonchev–Trinajstić information content (AvgIpc) is 2.74. The third kappa shape index (κ3) is 1.83. The fraction of sp³-hybridized carbons (Fsp3) is 0.188. The van der Waals surface area contributed by atoms with Crippen LogP contribution in [-0.4, -0.2) is 0 Å². The molecule has 1 aromatic carbocycles. The van der Waals surface area contributed by atoms with Crippen molar-refractivity contribution < 1.29 is 4.74 Å². The van der Waals surface area contributed by atoms with Crippen molar-refractivity contribution in [2.75, 3.05) is 0 Å². The van der Waals surface area contributed by atoms with Crippen molar-refractivity contribution in [2.45, 2.75) is 19.4 Å². The van der Waals surface area contributed by atoms with Crippen molar-refractivity contribution in [3.63, 3.8) is 0 Å². The third-order valence-electron chi connectivity index (χ3n) is 3.44. The Morgan fingerprint density at radius 3 is 2.20 bits per heavy atom. The first-order valence-corrected chi connectivity index (χ1v) is 5.91. The number of rotatable bonds is 1. The zero-order chi connectivity index (χ0) is 14.8. The second kappa shape index (κ2) is 4.92. The molecule has 0 bridgehead atoms. The quantitative estimate of drug-likeness (QED) is 0.697. The first kappa shape index (κ1) is 13.4. The lowest BCUT2D eigenvalue weighted by Crippen LogP contribution is -2.22. The molecule has 96 valence electrons. The Bertz CT molecular complexity index is 723. The molecule has 0 saturated heterocycles. The topological polar surface area (TPSA) is 22.3 Å². The van der Waals surface area contributed by atoms with Crippen LogP contribution >= 0.6 is 0 Å². The summed E-state index contributed by atoms with van der Waals surface area (Å²) in [7, 11) is 0. The van der Waals surface area contributed by atoms with E-state index in [-0.39, 0.29) is 17.3 Å². The summed E-state index contributed by atoms with van der Waals surface area (Å²) in [4.78, 5) is 9.75. The van der Waals surface area contributed by atoms with Crippen LogP contribution in [-0.2, 0) is 10.3 Å². The summed E-state index contributed by atoms with van der Waals surface area (Å²) < 4.78 is 5.86. The summed E-state index contributed by atoms with van der Waals surface area (Å²) in [6, 6.07) is 9.49. The first-order chi connectivity index (χ1) is 9.58. The minimum Gasteiger partial charge on any atom is -0.494 e. The number of benzene rings is 1. The van der Waals surface area contributed by atoms with Crippen molar-refractivity contribution >= 4 is 0 Å². The molecule has 20 heavy (non-hydrogen) atoms. The zero-order valence-corrected chi connectivity index (χ0v) is 11.1. The van der Waals surface area contributed by atoms with E-state index in [9.17, 15) is 0 Å². The van der Waals surface area contributed by atoms with Gasteiger partial charge < -0.3 is 4.74 Å². The van der Waals surface area contributed by atoms with Crippen LogP contribution in [0.25, 0.3) is 14.5 Å². The van der Waals surface area contributed by atoms with E-state index in [1.54, 1.807) is 6.92 Å². The normalized spacial score (nSPS) is 20.6. The Kier molecular flexibility index (Phi) is 3.30. The van der Waals surface area contributed by atoms with E-state index in [0.717, 1.165) is 11.1 Å². The maximum atomic E-state index is 7.29. The van der Waals surface area contributed by atoms with Crippen LogP contribution in [0.2, 0.25) is 0 Å². The van der Waals surface area contributed by atoms with Gasteiger partial charge in [-0.1, -0.05) is 30.3 Å². The van der Waals surface area contributed by atoms with Crippen molar-refractivity contribution in [1.29, 1.82) is 0 Å². The molecule has 1 unspecified atom stereocenters. The fourth-order valence-corrected chi connectivity index (χ4v) is 2.17. The van der Waals surface area contributed by atoms with Crippen molar-refractivity contribution in [3.05, 3.63) is 93.0 Å². The summed E-state index contributed by atoms with van der Waals surface area (Å²) in [5.74, 6) is -0.108. The Morgan fingerprint density at radius 1 is 1.10 bits per heavy atom. The zero-order valence-electron chi connectivity index (χ0n) is 11.1. The van der Waals surface area contributed by atoms with Gasteiger partial charge in [0.25, 0.3) is 0 Å². The fourth-order valence-electron chi connectivity index (χ4n) is 2.17. The van der Waals surface area contributed by atoms with Gasteiger partial charge in [0.15, 0.2) is 0 Å². The van der Waals surface area contributed by atoms with Gasteiger partial charge in [0.1, 0.15) is 18.7 Å². The summed E-state index contributed by atoms with van der Waals surface area (Å²) in [5.41, 5.74) is 1.07. The molecular formula is C16H11N3O. The number of nitrogens with zero attached hydrogens (tertiary/aromatic N) is 3. The van der Waals surface area contributed by atoms with Gasteiger partial charge in [0, 0.05) is 0 Å². The highest BCUT2D eigenvalue weighted by atomic mass is 16.5. The van der Waals surface area contributed by atoms with Crippen LogP contribution in [0.5, 0.6) is 0 Å². The summed E-state index contributed by atoms with van der Waals surface area (Å²) >= 11 is 0. The molecule has 0 fully saturated rings. The Labute approximate surface area is 118 Å². The first-order valence-electron chi connectivity index (χ1n) is 5.91. The van der Waals surface area contributed by atoms with Crippen LogP contribution in [0.3, 0.4) is 0 Å². The van der Waals surface area contributed by atoms with E-state index in [1.165, 1.54) is 0 Å². The highest BCUT2D eigenvalue weighted by molar-refractivity contribution is 5.52. The Morgan fingerprint density at radius 2 is 1.70 bits per heavy atom. The summed E-state index contributed by atoms with van der Waals surface area (Å²) in [6.07, 6.45) is 0. The second-order valence-corrected chi connectivity index (χ2v) is 4.46. The molecule has 0 aliphatic carbocycles. The van der Waals surface area contributed by atoms with Gasteiger partial charge in [-0.05, 0) is 25.0 Å². The van der Waals surface area contributed by atoms with Crippen molar-refractivity contribution in [2.24, 2.45) is 0 Å². The van der Waals surface area contributed by atoms with Crippen molar-refractivity contribution in [1.82, 2.24) is 0 Å². The molecule has 2 rings (SSSR count). The van der Waals surface area contributed by atoms with E-state index in [1.807, 2.05) is 37.3 Å². The maximum absolute atomic E-state index is 7.29. The summed E-state index contributed by atoms with van der Waals surface area (Å²) in [5, 5.41) is 0. The minimum atomic E-state index is -0.808. The average molecular weight is 261 g/mol. The SMILES string of the molecule is [C-]#[N+]C([N+]#[C-])=C1OC(C)(c2ccccc2)C(C)=C1[N+]#[C-]. The van der Waals surface area contributed by atoms with Crippen LogP contribution in [0.1, 0.15) is 19.4 Å². The lowest BCUT2D eigenvalue weighted by atomic mass is 9.89. The van der Waals surface area contributed by atoms with Crippen LogP contribution in [0.15, 0.2) is 53.2 Å². The van der Waals surface area contributed by atoms with Gasteiger partial charge in [0.2, 0.25) is 11.5 Å². The van der Waals surface area contributed by atoms with Crippen LogP contribution in [0, 0.1) is 19.7 Å². The predicted octanol–water partition coefficient (Wildman–Crippen LogP) is 4.13. The van der Waals surface area contributed by atoms with E-state index in [2.05, 4.69) is 14.5 Å². The van der Waals surface area contributed by atoms with Crippen molar-refractivity contribution in [3.8, 4) is 0 Å². The highest BCUT2D eigenvalue weighted by Gasteiger charge is 2.44. The molecule has 4 heteroatoms. The second-order valence-electron chi connectivity index (χ2n) is 4.46. The van der Waals surface area contributed by atoms with Gasteiger partial charge in [-0.25, -0.2) is 4.85 Å². The molecule has 0 saturated carbocycles. The molecular weight excluding hydrogens is 250 g/mol. The van der Waals surface area contributed by atoms with E-state index < -0.39 is 5.60 Å². The molecule has 1 aliphatic rings. The Balaban J connectivity index is 2.68. The molecule has 0 radical (unpaired) electrons. The van der Waals surface area contributed by atoms with Crippen LogP contribution < -0.4 is 0 Å². The third-order valence-corrected chi connectivity index (χ3v) is 3.44. The summed E-state index contributed by atoms with van der Waals surface area (Å²) in [6.45, 7) is 25.0. The lowest BCUT2D eigenvalue weighted by molar-refractivity contribution is 0.0724. The number of ether oxygens (including phenoxy) is 1. The van der Waals surface area contributed by atoms with Crippen LogP contribution in [0.4, 0.5) is 0 Å². The predicted molar refractivity (Wildman–Crippen MR) is 74.4 cm³/mol. The van der Waals surface area contributed by atoms with Gasteiger partial charge >= 0.3 is 5.82 Å². The van der Waals surface area contributed by atoms with Gasteiger partial charge in [0.05, 0.1) is 6.57 Å². The van der Waals surface area contributed by atoms with E-state index >= 15 is 0 Å². The van der Waals surface area contributed by atoms with Gasteiger partial charge in [-0.2, -0.15) is 9.69 Å². The van der Waals surface area contributed by atoms with Gasteiger partial charge in [-0.15, -0.1) is 0 Å². The van der Waals surface area contributed by atoms with Gasteiger partial charge in [-0.3, -0.25) is 0 Å². The minimum absolute atomic E-state index is 0.0915. The largest absolute Gasteiger partial charge is 0.550 e. The Hall–Kier alpha value is -3.03. The molecule has 1 aromatic rings. The van der Waals surface area contributed by atoms with E-state index in [0.29, 0.717) is 0 Å². The molecule has 1 atom stereocenters. The highest BCUT2D eigenvalue weighted by Crippen LogP contribution is 2.46. The molecule has 4 nitrogen and oxygen atoms in total. The molecule has 1 aliphatic heterocycles. The number of hydrogen-bond acceptors (Lipinski definition) is 1. The standard InChI is InChI=1S/C16H11N3O/c1-11-13(17-3)14(15(18-4)19-5)20-16(11,2)12-9-7-6-8-10-12/h6-10H,1-2H3. The monoisotopic (exact) mass is 261 g/mol.